The van der Waals surface area contributed by atoms with Crippen LogP contribution >= 0.6 is 0 Å². The van der Waals surface area contributed by atoms with Crippen molar-refractivity contribution in [1.82, 2.24) is 14.7 Å². The van der Waals surface area contributed by atoms with Gasteiger partial charge in [0.25, 0.3) is 0 Å². The Hall–Kier alpha value is -2.28. The van der Waals surface area contributed by atoms with Crippen molar-refractivity contribution in [3.8, 4) is 0 Å². The standard InChI is InChI=1S/C24H41N3O4/c1-23(2,3)30-21(28)25(7)15-12-16-27(19-20-13-10-9-11-14-20)18-17-26(8)22(29)31-24(4,5)6/h9-11,13-14H,12,15-19H2,1-8H3. The number of likely N-dealkylation sites (N-methyl/N-ethyl adjacent to an activating group) is 1. The van der Waals surface area contributed by atoms with Gasteiger partial charge in [-0.05, 0) is 53.5 Å². The SMILES string of the molecule is CN(CCCN(CCN(C)C(=O)OC(C)(C)C)Cc1ccccc1)C(=O)OC(C)(C)C. The fourth-order valence-electron chi connectivity index (χ4n) is 2.80. The first-order valence-corrected chi connectivity index (χ1v) is 10.9. The molecule has 0 aliphatic heterocycles. The van der Waals surface area contributed by atoms with Crippen LogP contribution in [0, 0.1) is 0 Å². The molecule has 0 N–H and O–H groups in total. The Morgan fingerprint density at radius 2 is 1.23 bits per heavy atom. The molecule has 7 heteroatoms. The van der Waals surface area contributed by atoms with Crippen LogP contribution < -0.4 is 0 Å². The van der Waals surface area contributed by atoms with Crippen molar-refractivity contribution in [3.63, 3.8) is 0 Å². The second kappa shape index (κ2) is 11.9. The molecule has 0 bridgehead atoms. The molecule has 0 fully saturated rings. The highest BCUT2D eigenvalue weighted by molar-refractivity contribution is 5.68. The molecule has 0 aliphatic carbocycles. The van der Waals surface area contributed by atoms with Crippen molar-refractivity contribution >= 4 is 12.2 Å². The minimum Gasteiger partial charge on any atom is -0.444 e. The van der Waals surface area contributed by atoms with E-state index < -0.39 is 11.2 Å². The van der Waals surface area contributed by atoms with Crippen LogP contribution in [0.1, 0.15) is 53.5 Å². The summed E-state index contributed by atoms with van der Waals surface area (Å²) in [7, 11) is 3.51. The summed E-state index contributed by atoms with van der Waals surface area (Å²) < 4.78 is 10.9. The minimum absolute atomic E-state index is 0.313. The zero-order valence-corrected chi connectivity index (χ0v) is 20.6. The molecule has 1 aromatic carbocycles. The van der Waals surface area contributed by atoms with Crippen molar-refractivity contribution in [2.24, 2.45) is 0 Å². The molecule has 0 spiro atoms. The highest BCUT2D eigenvalue weighted by Crippen LogP contribution is 2.11. The van der Waals surface area contributed by atoms with Crippen LogP contribution in [0.15, 0.2) is 30.3 Å². The van der Waals surface area contributed by atoms with E-state index in [1.807, 2.05) is 59.7 Å². The normalized spacial score (nSPS) is 11.9. The molecule has 7 nitrogen and oxygen atoms in total. The monoisotopic (exact) mass is 435 g/mol. The molecular weight excluding hydrogens is 394 g/mol. The van der Waals surface area contributed by atoms with E-state index in [2.05, 4.69) is 17.0 Å². The first kappa shape index (κ1) is 26.8. The zero-order valence-electron chi connectivity index (χ0n) is 20.6. The fraction of sp³-hybridized carbons (Fsp3) is 0.667. The van der Waals surface area contributed by atoms with E-state index in [0.717, 1.165) is 19.5 Å². The Kier molecular flexibility index (Phi) is 10.3. The summed E-state index contributed by atoms with van der Waals surface area (Å²) in [4.78, 5) is 29.9. The summed E-state index contributed by atoms with van der Waals surface area (Å²) >= 11 is 0. The van der Waals surface area contributed by atoms with Gasteiger partial charge in [0.1, 0.15) is 11.2 Å². The van der Waals surface area contributed by atoms with Crippen LogP contribution in [0.4, 0.5) is 9.59 Å². The lowest BCUT2D eigenvalue weighted by atomic mass is 10.2. The second-order valence-corrected chi connectivity index (χ2v) is 9.92. The first-order chi connectivity index (χ1) is 14.3. The smallest absolute Gasteiger partial charge is 0.410 e. The van der Waals surface area contributed by atoms with Gasteiger partial charge in [-0.1, -0.05) is 30.3 Å². The molecule has 0 aromatic heterocycles. The molecule has 1 rings (SSSR count). The van der Waals surface area contributed by atoms with E-state index in [0.29, 0.717) is 19.6 Å². The van der Waals surface area contributed by atoms with E-state index in [-0.39, 0.29) is 12.2 Å². The topological polar surface area (TPSA) is 62.3 Å². The number of hydrogen-bond acceptors (Lipinski definition) is 5. The van der Waals surface area contributed by atoms with Crippen molar-refractivity contribution in [2.45, 2.75) is 65.7 Å². The highest BCUT2D eigenvalue weighted by Gasteiger charge is 2.21. The minimum atomic E-state index is -0.513. The number of benzene rings is 1. The number of nitrogens with zero attached hydrogens (tertiary/aromatic N) is 3. The molecule has 0 aliphatic rings. The number of carbonyl (C=O) groups excluding carboxylic acids is 2. The van der Waals surface area contributed by atoms with Gasteiger partial charge in [-0.2, -0.15) is 0 Å². The lowest BCUT2D eigenvalue weighted by Gasteiger charge is -2.29. The van der Waals surface area contributed by atoms with Gasteiger partial charge in [0, 0.05) is 46.8 Å². The molecule has 1 aromatic rings. The van der Waals surface area contributed by atoms with Gasteiger partial charge in [-0.3, -0.25) is 4.90 Å². The molecule has 2 amide bonds. The lowest BCUT2D eigenvalue weighted by Crippen LogP contribution is -2.40. The maximum absolute atomic E-state index is 12.2. The average Bonchev–Trinajstić information content (AvgIpc) is 2.63. The first-order valence-electron chi connectivity index (χ1n) is 10.9. The van der Waals surface area contributed by atoms with Gasteiger partial charge in [0.15, 0.2) is 0 Å². The number of ether oxygens (including phenoxy) is 2. The van der Waals surface area contributed by atoms with Gasteiger partial charge >= 0.3 is 12.2 Å². The Balaban J connectivity index is 2.62. The number of amides is 2. The molecule has 0 unspecified atom stereocenters. The summed E-state index contributed by atoms with van der Waals surface area (Å²) in [5.74, 6) is 0. The average molecular weight is 436 g/mol. The van der Waals surface area contributed by atoms with Crippen molar-refractivity contribution in [1.29, 1.82) is 0 Å². The summed E-state index contributed by atoms with van der Waals surface area (Å²) in [6, 6.07) is 10.2. The van der Waals surface area contributed by atoms with Crippen LogP contribution in [0.25, 0.3) is 0 Å². The van der Waals surface area contributed by atoms with Gasteiger partial charge in [0.2, 0.25) is 0 Å². The number of rotatable bonds is 9. The Morgan fingerprint density at radius 1 is 0.742 bits per heavy atom. The third kappa shape index (κ3) is 12.2. The second-order valence-electron chi connectivity index (χ2n) is 9.92. The van der Waals surface area contributed by atoms with Crippen LogP contribution in [-0.2, 0) is 16.0 Å². The van der Waals surface area contributed by atoms with Crippen LogP contribution in [0.5, 0.6) is 0 Å². The van der Waals surface area contributed by atoms with E-state index in [9.17, 15) is 9.59 Å². The van der Waals surface area contributed by atoms with E-state index in [4.69, 9.17) is 9.47 Å². The Morgan fingerprint density at radius 3 is 1.71 bits per heavy atom. The fourth-order valence-corrected chi connectivity index (χ4v) is 2.80. The maximum atomic E-state index is 12.2. The predicted octanol–water partition coefficient (Wildman–Crippen LogP) is 4.61. The summed E-state index contributed by atoms with van der Waals surface area (Å²) in [5.41, 5.74) is 0.195. The van der Waals surface area contributed by atoms with Crippen molar-refractivity contribution in [2.75, 3.05) is 40.3 Å². The predicted molar refractivity (Wildman–Crippen MR) is 124 cm³/mol. The van der Waals surface area contributed by atoms with Gasteiger partial charge < -0.3 is 19.3 Å². The molecule has 0 atom stereocenters. The van der Waals surface area contributed by atoms with Crippen LogP contribution in [0.2, 0.25) is 0 Å². The van der Waals surface area contributed by atoms with Gasteiger partial charge in [-0.15, -0.1) is 0 Å². The van der Waals surface area contributed by atoms with Gasteiger partial charge in [0.05, 0.1) is 0 Å². The van der Waals surface area contributed by atoms with Crippen LogP contribution in [0.3, 0.4) is 0 Å². The summed E-state index contributed by atoms with van der Waals surface area (Å²) in [6.07, 6.45) is 0.169. The van der Waals surface area contributed by atoms with Crippen LogP contribution in [-0.4, -0.2) is 78.4 Å². The molecule has 0 radical (unpaired) electrons. The molecule has 0 saturated carbocycles. The molecule has 0 heterocycles. The van der Waals surface area contributed by atoms with Crippen molar-refractivity contribution in [3.05, 3.63) is 35.9 Å². The molecule has 0 saturated heterocycles. The lowest BCUT2D eigenvalue weighted by molar-refractivity contribution is 0.0261. The van der Waals surface area contributed by atoms with Gasteiger partial charge in [-0.25, -0.2) is 9.59 Å². The third-order valence-electron chi connectivity index (χ3n) is 4.38. The quantitative estimate of drug-likeness (QED) is 0.567. The number of hydrogen-bond donors (Lipinski definition) is 0. The van der Waals surface area contributed by atoms with E-state index in [1.54, 1.807) is 23.9 Å². The Labute approximate surface area is 188 Å². The molecular formula is C24H41N3O4. The summed E-state index contributed by atoms with van der Waals surface area (Å²) in [6.45, 7) is 14.6. The van der Waals surface area contributed by atoms with Crippen molar-refractivity contribution < 1.29 is 19.1 Å². The highest BCUT2D eigenvalue weighted by atomic mass is 16.6. The summed E-state index contributed by atoms with van der Waals surface area (Å²) in [5, 5.41) is 0. The number of carbonyl (C=O) groups is 2. The largest absolute Gasteiger partial charge is 0.444 e. The zero-order chi connectivity index (χ0) is 23.7. The van der Waals surface area contributed by atoms with E-state index in [1.165, 1.54) is 5.56 Å². The Bertz CT molecular complexity index is 680. The van der Waals surface area contributed by atoms with E-state index >= 15 is 0 Å². The molecule has 31 heavy (non-hydrogen) atoms. The third-order valence-corrected chi connectivity index (χ3v) is 4.38. The molecule has 176 valence electrons. The maximum Gasteiger partial charge on any atom is 0.410 e.